The number of hydrogen-bond acceptors (Lipinski definition) is 6. The maximum atomic E-state index is 11.9. The Morgan fingerprint density at radius 3 is 2.32 bits per heavy atom. The maximum Gasteiger partial charge on any atom is 0.338 e. The zero-order valence-electron chi connectivity index (χ0n) is 16.1. The number of nitrogens with one attached hydrogen (secondary N) is 1. The van der Waals surface area contributed by atoms with Crippen molar-refractivity contribution in [2.24, 2.45) is 0 Å². The number of amides is 1. The molecule has 2 rings (SSSR count). The summed E-state index contributed by atoms with van der Waals surface area (Å²) in [7, 11) is 0. The van der Waals surface area contributed by atoms with Gasteiger partial charge in [-0.2, -0.15) is 0 Å². The number of carbonyl (C=O) groups excluding carboxylic acids is 2. The van der Waals surface area contributed by atoms with Gasteiger partial charge in [0.25, 0.3) is 5.91 Å². The molecule has 7 nitrogen and oxygen atoms in total. The number of benzene rings is 2. The Morgan fingerprint density at radius 1 is 0.964 bits per heavy atom. The van der Waals surface area contributed by atoms with Gasteiger partial charge in [0.15, 0.2) is 18.1 Å². The first-order valence-electron chi connectivity index (χ1n) is 9.14. The fourth-order valence-electron chi connectivity index (χ4n) is 2.46. The monoisotopic (exact) mass is 387 g/mol. The molecule has 0 saturated heterocycles. The Balaban J connectivity index is 1.77. The quantitative estimate of drug-likeness (QED) is 0.609. The molecule has 0 aromatic heterocycles. The molecule has 2 aromatic rings. The molecule has 0 radical (unpaired) electrons. The second-order valence-corrected chi connectivity index (χ2v) is 5.87. The van der Waals surface area contributed by atoms with Crippen molar-refractivity contribution < 1.29 is 28.9 Å². The second-order valence-electron chi connectivity index (χ2n) is 5.87. The predicted molar refractivity (Wildman–Crippen MR) is 104 cm³/mol. The van der Waals surface area contributed by atoms with E-state index in [0.717, 1.165) is 5.56 Å². The Kier molecular flexibility index (Phi) is 8.14. The van der Waals surface area contributed by atoms with Crippen LogP contribution in [0.15, 0.2) is 42.5 Å². The van der Waals surface area contributed by atoms with Crippen molar-refractivity contribution >= 4 is 11.9 Å². The molecular formula is C21H25NO6. The highest BCUT2D eigenvalue weighted by atomic mass is 16.5. The van der Waals surface area contributed by atoms with Crippen LogP contribution in [0.1, 0.15) is 29.8 Å². The number of hydrogen-bond donors (Lipinski definition) is 2. The van der Waals surface area contributed by atoms with Gasteiger partial charge in [-0.3, -0.25) is 4.79 Å². The third-order valence-corrected chi connectivity index (χ3v) is 3.78. The van der Waals surface area contributed by atoms with Gasteiger partial charge in [-0.15, -0.1) is 0 Å². The summed E-state index contributed by atoms with van der Waals surface area (Å²) in [5.74, 6) is 0.413. The standard InChI is InChI=1S/C21H25NO6/c1-3-26-18-10-5-15(13-19(18)27-4-2)11-12-22-20(24)14-28-21(25)16-6-8-17(23)9-7-16/h5-10,13,23H,3-4,11-12,14H2,1-2H3,(H,22,24). The van der Waals surface area contributed by atoms with Crippen LogP contribution in [-0.2, 0) is 16.0 Å². The average Bonchev–Trinajstić information content (AvgIpc) is 2.69. The molecular weight excluding hydrogens is 362 g/mol. The summed E-state index contributed by atoms with van der Waals surface area (Å²) in [5.41, 5.74) is 1.26. The number of carbonyl (C=O) groups is 2. The molecule has 0 bridgehead atoms. The van der Waals surface area contributed by atoms with Gasteiger partial charge in [0.1, 0.15) is 5.75 Å². The highest BCUT2D eigenvalue weighted by Crippen LogP contribution is 2.28. The smallest absolute Gasteiger partial charge is 0.338 e. The van der Waals surface area contributed by atoms with E-state index in [2.05, 4.69) is 5.32 Å². The van der Waals surface area contributed by atoms with Gasteiger partial charge in [-0.25, -0.2) is 4.79 Å². The SMILES string of the molecule is CCOc1ccc(CCNC(=O)COC(=O)c2ccc(O)cc2)cc1OCC. The molecule has 2 aromatic carbocycles. The lowest BCUT2D eigenvalue weighted by atomic mass is 10.1. The van der Waals surface area contributed by atoms with Crippen LogP contribution >= 0.6 is 0 Å². The Labute approximate surface area is 164 Å². The van der Waals surface area contributed by atoms with Crippen LogP contribution in [0.25, 0.3) is 0 Å². The van der Waals surface area contributed by atoms with Crippen molar-refractivity contribution in [1.29, 1.82) is 0 Å². The van der Waals surface area contributed by atoms with Crippen molar-refractivity contribution in [1.82, 2.24) is 5.32 Å². The van der Waals surface area contributed by atoms with E-state index in [1.807, 2.05) is 32.0 Å². The van der Waals surface area contributed by atoms with Crippen molar-refractivity contribution in [3.8, 4) is 17.2 Å². The van der Waals surface area contributed by atoms with Crippen molar-refractivity contribution in [2.75, 3.05) is 26.4 Å². The summed E-state index contributed by atoms with van der Waals surface area (Å²) < 4.78 is 16.1. The van der Waals surface area contributed by atoms with Gasteiger partial charge in [-0.05, 0) is 62.2 Å². The first-order chi connectivity index (χ1) is 13.5. The van der Waals surface area contributed by atoms with Crippen LogP contribution in [-0.4, -0.2) is 43.3 Å². The number of rotatable bonds is 10. The maximum absolute atomic E-state index is 11.9. The molecule has 28 heavy (non-hydrogen) atoms. The molecule has 150 valence electrons. The Bertz CT molecular complexity index is 788. The van der Waals surface area contributed by atoms with Gasteiger partial charge in [-0.1, -0.05) is 6.07 Å². The van der Waals surface area contributed by atoms with E-state index >= 15 is 0 Å². The molecule has 2 N–H and O–H groups in total. The molecule has 0 fully saturated rings. The first kappa shape index (κ1) is 21.1. The predicted octanol–water partition coefficient (Wildman–Crippen LogP) is 2.71. The van der Waals surface area contributed by atoms with Gasteiger partial charge >= 0.3 is 5.97 Å². The highest BCUT2D eigenvalue weighted by Gasteiger charge is 2.10. The molecule has 0 spiro atoms. The van der Waals surface area contributed by atoms with Crippen molar-refractivity contribution in [2.45, 2.75) is 20.3 Å². The number of esters is 1. The Hall–Kier alpha value is -3.22. The van der Waals surface area contributed by atoms with E-state index in [9.17, 15) is 14.7 Å². The zero-order chi connectivity index (χ0) is 20.4. The van der Waals surface area contributed by atoms with Crippen molar-refractivity contribution in [3.05, 3.63) is 53.6 Å². The minimum absolute atomic E-state index is 0.0519. The molecule has 0 unspecified atom stereocenters. The Morgan fingerprint density at radius 2 is 1.64 bits per heavy atom. The molecule has 1 amide bonds. The zero-order valence-corrected chi connectivity index (χ0v) is 16.1. The number of phenols is 1. The van der Waals surface area contributed by atoms with Crippen molar-refractivity contribution in [3.63, 3.8) is 0 Å². The van der Waals surface area contributed by atoms with E-state index in [0.29, 0.717) is 37.7 Å². The summed E-state index contributed by atoms with van der Waals surface area (Å²) in [6, 6.07) is 11.3. The normalized spacial score (nSPS) is 10.2. The van der Waals surface area contributed by atoms with E-state index < -0.39 is 5.97 Å². The molecule has 7 heteroatoms. The first-order valence-corrected chi connectivity index (χ1v) is 9.14. The number of phenolic OH excluding ortho intramolecular Hbond substituents is 1. The second kappa shape index (κ2) is 10.8. The van der Waals surface area contributed by atoms with Crippen LogP contribution in [0, 0.1) is 0 Å². The summed E-state index contributed by atoms with van der Waals surface area (Å²) in [6.07, 6.45) is 0.601. The largest absolute Gasteiger partial charge is 0.508 e. The number of aromatic hydroxyl groups is 1. The summed E-state index contributed by atoms with van der Waals surface area (Å²) in [6.45, 7) is 4.93. The lowest BCUT2D eigenvalue weighted by Gasteiger charge is -2.12. The van der Waals surface area contributed by atoms with E-state index in [-0.39, 0.29) is 23.8 Å². The van der Waals surface area contributed by atoms with Gasteiger partial charge in [0, 0.05) is 6.54 Å². The van der Waals surface area contributed by atoms with Crippen LogP contribution in [0.4, 0.5) is 0 Å². The number of ether oxygens (including phenoxy) is 3. The van der Waals surface area contributed by atoms with E-state index in [4.69, 9.17) is 14.2 Å². The molecule has 0 saturated carbocycles. The van der Waals surface area contributed by atoms with Crippen LogP contribution in [0.2, 0.25) is 0 Å². The van der Waals surface area contributed by atoms with Gasteiger partial charge < -0.3 is 24.6 Å². The molecule has 0 aliphatic heterocycles. The third kappa shape index (κ3) is 6.50. The minimum atomic E-state index is -0.622. The van der Waals surface area contributed by atoms with E-state index in [1.54, 1.807) is 0 Å². The molecule has 0 aliphatic rings. The average molecular weight is 387 g/mol. The lowest BCUT2D eigenvalue weighted by molar-refractivity contribution is -0.124. The molecule has 0 heterocycles. The fourth-order valence-corrected chi connectivity index (χ4v) is 2.46. The highest BCUT2D eigenvalue weighted by molar-refractivity contribution is 5.91. The summed E-state index contributed by atoms with van der Waals surface area (Å²) in [5, 5.41) is 11.9. The van der Waals surface area contributed by atoms with Gasteiger partial charge in [0.05, 0.1) is 18.8 Å². The van der Waals surface area contributed by atoms with Crippen LogP contribution < -0.4 is 14.8 Å². The lowest BCUT2D eigenvalue weighted by Crippen LogP contribution is -2.30. The molecule has 0 atom stereocenters. The van der Waals surface area contributed by atoms with Crippen LogP contribution in [0.3, 0.4) is 0 Å². The summed E-state index contributed by atoms with van der Waals surface area (Å²) in [4.78, 5) is 23.7. The summed E-state index contributed by atoms with van der Waals surface area (Å²) >= 11 is 0. The van der Waals surface area contributed by atoms with Gasteiger partial charge in [0.2, 0.25) is 0 Å². The van der Waals surface area contributed by atoms with E-state index in [1.165, 1.54) is 24.3 Å². The molecule has 0 aliphatic carbocycles. The minimum Gasteiger partial charge on any atom is -0.508 e. The third-order valence-electron chi connectivity index (χ3n) is 3.78. The topological polar surface area (TPSA) is 94.1 Å². The van der Waals surface area contributed by atoms with Crippen LogP contribution in [0.5, 0.6) is 17.2 Å². The fraction of sp³-hybridized carbons (Fsp3) is 0.333.